The van der Waals surface area contributed by atoms with Crippen molar-refractivity contribution in [1.29, 1.82) is 0 Å². The van der Waals surface area contributed by atoms with Crippen molar-refractivity contribution in [2.24, 2.45) is 11.1 Å². The van der Waals surface area contributed by atoms with Gasteiger partial charge in [-0.15, -0.1) is 0 Å². The van der Waals surface area contributed by atoms with Crippen molar-refractivity contribution in [3.05, 3.63) is 24.3 Å². The predicted octanol–water partition coefficient (Wildman–Crippen LogP) is 1.68. The molecule has 0 atom stereocenters. The molecule has 0 aliphatic heterocycles. The maximum atomic E-state index is 12.9. The summed E-state index contributed by atoms with van der Waals surface area (Å²) in [4.78, 5) is 15.4. The number of nitrogens with zero attached hydrogens (tertiary/aromatic N) is 1. The maximum Gasteiger partial charge on any atom is 0.225 e. The zero-order valence-electron chi connectivity index (χ0n) is 9.58. The number of hydrogen-bond acceptors (Lipinski definition) is 3. The standard InChI is InChI=1S/C12H16FN3O/c13-9-4-10(7-15-6-9)16-11(17)5-12(8-14)2-1-3-12/h4,6-7H,1-3,5,8,14H2,(H,16,17). The van der Waals surface area contributed by atoms with E-state index in [0.717, 1.165) is 25.5 Å². The summed E-state index contributed by atoms with van der Waals surface area (Å²) in [6.45, 7) is 0.530. The van der Waals surface area contributed by atoms with Crippen LogP contribution in [0.15, 0.2) is 18.5 Å². The Morgan fingerprint density at radius 3 is 2.82 bits per heavy atom. The Bertz CT molecular complexity index is 412. The summed E-state index contributed by atoms with van der Waals surface area (Å²) in [5, 5.41) is 2.64. The van der Waals surface area contributed by atoms with Crippen molar-refractivity contribution < 1.29 is 9.18 Å². The van der Waals surface area contributed by atoms with E-state index in [1.807, 2.05) is 0 Å². The molecule has 0 radical (unpaired) electrons. The van der Waals surface area contributed by atoms with E-state index >= 15 is 0 Å². The lowest BCUT2D eigenvalue weighted by Gasteiger charge is -2.40. The fraction of sp³-hybridized carbons (Fsp3) is 0.500. The van der Waals surface area contributed by atoms with Crippen LogP contribution in [0.25, 0.3) is 0 Å². The van der Waals surface area contributed by atoms with Crippen molar-refractivity contribution in [3.8, 4) is 0 Å². The van der Waals surface area contributed by atoms with E-state index in [2.05, 4.69) is 10.3 Å². The van der Waals surface area contributed by atoms with Crippen LogP contribution < -0.4 is 11.1 Å². The summed E-state index contributed by atoms with van der Waals surface area (Å²) in [5.41, 5.74) is 6.04. The first-order valence-corrected chi connectivity index (χ1v) is 5.74. The molecule has 5 heteroatoms. The Hall–Kier alpha value is -1.49. The average molecular weight is 237 g/mol. The molecule has 4 nitrogen and oxygen atoms in total. The molecule has 17 heavy (non-hydrogen) atoms. The molecule has 1 aliphatic carbocycles. The molecule has 0 unspecified atom stereocenters. The molecule has 1 heterocycles. The third-order valence-electron chi connectivity index (χ3n) is 3.37. The van der Waals surface area contributed by atoms with Gasteiger partial charge < -0.3 is 11.1 Å². The van der Waals surface area contributed by atoms with E-state index in [9.17, 15) is 9.18 Å². The summed E-state index contributed by atoms with van der Waals surface area (Å²) < 4.78 is 12.9. The first-order chi connectivity index (χ1) is 8.13. The lowest BCUT2D eigenvalue weighted by Crippen LogP contribution is -2.40. The van der Waals surface area contributed by atoms with Gasteiger partial charge in [0.2, 0.25) is 5.91 Å². The molecule has 92 valence electrons. The number of nitrogens with one attached hydrogen (secondary N) is 1. The first kappa shape index (κ1) is 12.0. The highest BCUT2D eigenvalue weighted by Gasteiger charge is 2.37. The number of pyridine rings is 1. The van der Waals surface area contributed by atoms with Crippen LogP contribution in [-0.4, -0.2) is 17.4 Å². The Morgan fingerprint density at radius 2 is 2.29 bits per heavy atom. The van der Waals surface area contributed by atoms with E-state index in [1.165, 1.54) is 12.3 Å². The number of amides is 1. The second-order valence-corrected chi connectivity index (χ2v) is 4.67. The number of hydrogen-bond donors (Lipinski definition) is 2. The molecule has 1 aliphatic rings. The Morgan fingerprint density at radius 1 is 1.53 bits per heavy atom. The SMILES string of the molecule is NCC1(CC(=O)Nc2cncc(F)c2)CCC1. The minimum Gasteiger partial charge on any atom is -0.330 e. The second-order valence-electron chi connectivity index (χ2n) is 4.67. The molecule has 1 fully saturated rings. The van der Waals surface area contributed by atoms with Gasteiger partial charge in [-0.1, -0.05) is 6.42 Å². The van der Waals surface area contributed by atoms with Crippen LogP contribution in [0.2, 0.25) is 0 Å². The smallest absolute Gasteiger partial charge is 0.225 e. The van der Waals surface area contributed by atoms with Crippen LogP contribution >= 0.6 is 0 Å². The molecule has 3 N–H and O–H groups in total. The quantitative estimate of drug-likeness (QED) is 0.837. The highest BCUT2D eigenvalue weighted by atomic mass is 19.1. The van der Waals surface area contributed by atoms with Gasteiger partial charge >= 0.3 is 0 Å². The highest BCUT2D eigenvalue weighted by Crippen LogP contribution is 2.42. The number of halogens is 1. The molecule has 0 bridgehead atoms. The highest BCUT2D eigenvalue weighted by molar-refractivity contribution is 5.91. The van der Waals surface area contributed by atoms with Gasteiger partial charge in [-0.25, -0.2) is 4.39 Å². The number of aromatic nitrogens is 1. The number of carbonyl (C=O) groups excluding carboxylic acids is 1. The molecule has 0 saturated heterocycles. The van der Waals surface area contributed by atoms with Gasteiger partial charge in [0, 0.05) is 12.5 Å². The number of rotatable bonds is 4. The number of anilines is 1. The van der Waals surface area contributed by atoms with Crippen molar-refractivity contribution >= 4 is 11.6 Å². The minimum atomic E-state index is -0.458. The Labute approximate surface area is 99.4 Å². The summed E-state index contributed by atoms with van der Waals surface area (Å²) in [6, 6.07) is 1.25. The van der Waals surface area contributed by atoms with Gasteiger partial charge in [0.25, 0.3) is 0 Å². The lowest BCUT2D eigenvalue weighted by atomic mass is 9.66. The Balaban J connectivity index is 1.93. The average Bonchev–Trinajstić information content (AvgIpc) is 2.23. The molecule has 2 rings (SSSR count). The normalized spacial score (nSPS) is 17.3. The summed E-state index contributed by atoms with van der Waals surface area (Å²) in [7, 11) is 0. The monoisotopic (exact) mass is 237 g/mol. The second kappa shape index (κ2) is 4.79. The van der Waals surface area contributed by atoms with Crippen LogP contribution in [0.3, 0.4) is 0 Å². The molecule has 1 aromatic heterocycles. The summed E-state index contributed by atoms with van der Waals surface area (Å²) in [5.74, 6) is -0.581. The fourth-order valence-corrected chi connectivity index (χ4v) is 2.16. The van der Waals surface area contributed by atoms with Gasteiger partial charge in [0.05, 0.1) is 18.1 Å². The van der Waals surface area contributed by atoms with Gasteiger partial charge in [-0.2, -0.15) is 0 Å². The Kier molecular flexibility index (Phi) is 3.38. The van der Waals surface area contributed by atoms with Crippen molar-refractivity contribution in [2.75, 3.05) is 11.9 Å². The third kappa shape index (κ3) is 2.79. The maximum absolute atomic E-state index is 12.9. The van der Waals surface area contributed by atoms with E-state index in [1.54, 1.807) is 0 Å². The largest absolute Gasteiger partial charge is 0.330 e. The van der Waals surface area contributed by atoms with E-state index in [0.29, 0.717) is 18.7 Å². The van der Waals surface area contributed by atoms with Crippen molar-refractivity contribution in [2.45, 2.75) is 25.7 Å². The van der Waals surface area contributed by atoms with Gasteiger partial charge in [-0.05, 0) is 24.8 Å². The van der Waals surface area contributed by atoms with Gasteiger partial charge in [0.15, 0.2) is 0 Å². The van der Waals surface area contributed by atoms with Crippen molar-refractivity contribution in [3.63, 3.8) is 0 Å². The number of carbonyl (C=O) groups is 1. The van der Waals surface area contributed by atoms with Crippen LogP contribution in [0.5, 0.6) is 0 Å². The zero-order chi connectivity index (χ0) is 12.3. The van der Waals surface area contributed by atoms with Gasteiger partial charge in [-0.3, -0.25) is 9.78 Å². The predicted molar refractivity (Wildman–Crippen MR) is 62.8 cm³/mol. The summed E-state index contributed by atoms with van der Waals surface area (Å²) >= 11 is 0. The third-order valence-corrected chi connectivity index (χ3v) is 3.37. The van der Waals surface area contributed by atoms with Crippen LogP contribution in [-0.2, 0) is 4.79 Å². The number of nitrogens with two attached hydrogens (primary N) is 1. The van der Waals surface area contributed by atoms with E-state index in [4.69, 9.17) is 5.73 Å². The lowest BCUT2D eigenvalue weighted by molar-refractivity contribution is -0.119. The molecule has 0 spiro atoms. The molecule has 1 aromatic rings. The zero-order valence-corrected chi connectivity index (χ0v) is 9.58. The van der Waals surface area contributed by atoms with Crippen LogP contribution in [0.1, 0.15) is 25.7 Å². The van der Waals surface area contributed by atoms with E-state index in [-0.39, 0.29) is 11.3 Å². The topological polar surface area (TPSA) is 68.0 Å². The molecular weight excluding hydrogens is 221 g/mol. The molecule has 1 amide bonds. The fourth-order valence-electron chi connectivity index (χ4n) is 2.16. The molecular formula is C12H16FN3O. The van der Waals surface area contributed by atoms with Gasteiger partial charge in [0.1, 0.15) is 5.82 Å². The van der Waals surface area contributed by atoms with Crippen LogP contribution in [0, 0.1) is 11.2 Å². The first-order valence-electron chi connectivity index (χ1n) is 5.74. The van der Waals surface area contributed by atoms with E-state index < -0.39 is 5.82 Å². The van der Waals surface area contributed by atoms with Crippen molar-refractivity contribution in [1.82, 2.24) is 4.98 Å². The minimum absolute atomic E-state index is 0.0369. The molecule has 0 aromatic carbocycles. The summed E-state index contributed by atoms with van der Waals surface area (Å²) in [6.07, 6.45) is 6.06. The van der Waals surface area contributed by atoms with Crippen LogP contribution in [0.4, 0.5) is 10.1 Å². The molecule has 1 saturated carbocycles.